The maximum atomic E-state index is 12.7. The number of hydrogen-bond acceptors (Lipinski definition) is 5. The fourth-order valence-corrected chi connectivity index (χ4v) is 4.89. The van der Waals surface area contributed by atoms with Crippen LogP contribution < -0.4 is 10.1 Å². The summed E-state index contributed by atoms with van der Waals surface area (Å²) in [5.74, 6) is 0.330. The number of hydrogen-bond donors (Lipinski definition) is 1. The van der Waals surface area contributed by atoms with Crippen LogP contribution in [-0.4, -0.2) is 21.4 Å². The summed E-state index contributed by atoms with van der Waals surface area (Å²) in [6.07, 6.45) is 0. The maximum absolute atomic E-state index is 12.7. The predicted molar refractivity (Wildman–Crippen MR) is 102 cm³/mol. The van der Waals surface area contributed by atoms with E-state index in [4.69, 9.17) is 4.74 Å². The van der Waals surface area contributed by atoms with Crippen LogP contribution in [0.25, 0.3) is 0 Å². The molecule has 0 radical (unpaired) electrons. The molecule has 1 aromatic heterocycles. The van der Waals surface area contributed by atoms with Crippen LogP contribution in [0.1, 0.15) is 15.2 Å². The first-order valence-corrected chi connectivity index (χ1v) is 10.1. The van der Waals surface area contributed by atoms with E-state index in [1.54, 1.807) is 55.6 Å². The first-order chi connectivity index (χ1) is 12.4. The minimum Gasteiger partial charge on any atom is -0.497 e. The lowest BCUT2D eigenvalue weighted by atomic mass is 10.2. The summed E-state index contributed by atoms with van der Waals surface area (Å²) in [5.41, 5.74) is 1.59. The highest BCUT2D eigenvalue weighted by atomic mass is 32.2. The van der Waals surface area contributed by atoms with Crippen molar-refractivity contribution >= 4 is 32.8 Å². The predicted octanol–water partition coefficient (Wildman–Crippen LogP) is 4.15. The zero-order valence-corrected chi connectivity index (χ0v) is 15.9. The number of nitrogens with one attached hydrogen (secondary N) is 1. The quantitative estimate of drug-likeness (QED) is 0.714. The van der Waals surface area contributed by atoms with Crippen LogP contribution in [0.2, 0.25) is 0 Å². The number of sulfone groups is 1. The summed E-state index contributed by atoms with van der Waals surface area (Å²) < 4.78 is 30.6. The Hall–Kier alpha value is -2.64. The number of rotatable bonds is 5. The van der Waals surface area contributed by atoms with Crippen LogP contribution in [-0.2, 0) is 9.84 Å². The van der Waals surface area contributed by atoms with E-state index >= 15 is 0 Å². The van der Waals surface area contributed by atoms with Crippen molar-refractivity contribution in [2.24, 2.45) is 0 Å². The summed E-state index contributed by atoms with van der Waals surface area (Å²) in [6.45, 7) is 1.89. The number of aryl methyl sites for hydroxylation is 1. The Morgan fingerprint density at radius 3 is 2.23 bits per heavy atom. The molecule has 0 fully saturated rings. The van der Waals surface area contributed by atoms with E-state index in [1.165, 1.54) is 12.1 Å². The third kappa shape index (κ3) is 3.79. The highest BCUT2D eigenvalue weighted by Crippen LogP contribution is 2.28. The fourth-order valence-electron chi connectivity index (χ4n) is 2.29. The molecule has 0 aliphatic rings. The van der Waals surface area contributed by atoms with Gasteiger partial charge < -0.3 is 10.1 Å². The van der Waals surface area contributed by atoms with Gasteiger partial charge in [0.1, 0.15) is 9.96 Å². The first-order valence-electron chi connectivity index (χ1n) is 7.77. The molecule has 3 aromatic rings. The average Bonchev–Trinajstić information content (AvgIpc) is 3.14. The minimum atomic E-state index is -3.63. The van der Waals surface area contributed by atoms with Gasteiger partial charge in [0, 0.05) is 5.69 Å². The largest absolute Gasteiger partial charge is 0.497 e. The smallest absolute Gasteiger partial charge is 0.265 e. The molecular weight excluding hydrogens is 370 g/mol. The third-order valence-corrected chi connectivity index (χ3v) is 7.09. The van der Waals surface area contributed by atoms with Crippen LogP contribution in [0.3, 0.4) is 0 Å². The molecule has 0 spiro atoms. The number of carbonyl (C=O) groups is 1. The second kappa shape index (κ2) is 7.31. The molecule has 0 atom stereocenters. The third-order valence-electron chi connectivity index (χ3n) is 3.75. The van der Waals surface area contributed by atoms with Crippen molar-refractivity contribution in [2.45, 2.75) is 16.0 Å². The molecule has 0 bridgehead atoms. The Morgan fingerprint density at radius 1 is 0.962 bits per heavy atom. The van der Waals surface area contributed by atoms with Crippen LogP contribution in [0.5, 0.6) is 5.75 Å². The highest BCUT2D eigenvalue weighted by molar-refractivity contribution is 7.93. The molecule has 26 heavy (non-hydrogen) atoms. The monoisotopic (exact) mass is 387 g/mol. The molecule has 5 nitrogen and oxygen atoms in total. The molecule has 0 aliphatic carbocycles. The standard InChI is InChI=1S/C19H17NO4S2/c1-13-3-9-16(10-4-13)26(22,23)18-12-11-17(25-18)19(21)20-14-5-7-15(24-2)8-6-14/h3-12H,1-2H3,(H,20,21). The zero-order valence-electron chi connectivity index (χ0n) is 14.2. The van der Waals surface area contributed by atoms with Crippen molar-refractivity contribution in [3.63, 3.8) is 0 Å². The van der Waals surface area contributed by atoms with E-state index < -0.39 is 9.84 Å². The van der Waals surface area contributed by atoms with Gasteiger partial charge in [-0.2, -0.15) is 0 Å². The topological polar surface area (TPSA) is 72.5 Å². The second-order valence-electron chi connectivity index (χ2n) is 5.62. The Morgan fingerprint density at radius 2 is 1.62 bits per heavy atom. The normalized spacial score (nSPS) is 11.2. The Balaban J connectivity index is 1.80. The molecule has 0 saturated heterocycles. The number of ether oxygens (including phenoxy) is 1. The number of carbonyl (C=O) groups excluding carboxylic acids is 1. The van der Waals surface area contributed by atoms with Crippen molar-refractivity contribution in [3.05, 3.63) is 71.1 Å². The lowest BCUT2D eigenvalue weighted by molar-refractivity contribution is 0.103. The average molecular weight is 387 g/mol. The number of thiophene rings is 1. The van der Waals surface area contributed by atoms with Crippen LogP contribution >= 0.6 is 11.3 Å². The van der Waals surface area contributed by atoms with Crippen LogP contribution in [0.4, 0.5) is 5.69 Å². The minimum absolute atomic E-state index is 0.140. The summed E-state index contributed by atoms with van der Waals surface area (Å²) in [7, 11) is -2.06. The molecule has 3 rings (SSSR count). The number of methoxy groups -OCH3 is 1. The maximum Gasteiger partial charge on any atom is 0.265 e. The molecule has 0 aliphatic heterocycles. The zero-order chi connectivity index (χ0) is 18.7. The molecule has 0 saturated carbocycles. The van der Waals surface area contributed by atoms with Gasteiger partial charge in [-0.25, -0.2) is 8.42 Å². The van der Waals surface area contributed by atoms with Crippen molar-refractivity contribution in [2.75, 3.05) is 12.4 Å². The molecular formula is C19H17NO4S2. The Bertz CT molecular complexity index is 1020. The van der Waals surface area contributed by atoms with Crippen molar-refractivity contribution < 1.29 is 17.9 Å². The summed E-state index contributed by atoms with van der Waals surface area (Å²) >= 11 is 0.949. The number of amides is 1. The van der Waals surface area contributed by atoms with E-state index in [-0.39, 0.29) is 15.0 Å². The van der Waals surface area contributed by atoms with Crippen LogP contribution in [0, 0.1) is 6.92 Å². The van der Waals surface area contributed by atoms with Gasteiger partial charge in [0.15, 0.2) is 0 Å². The highest BCUT2D eigenvalue weighted by Gasteiger charge is 2.21. The van der Waals surface area contributed by atoms with Crippen molar-refractivity contribution in [1.29, 1.82) is 0 Å². The molecule has 134 valence electrons. The van der Waals surface area contributed by atoms with Crippen LogP contribution in [0.15, 0.2) is 69.8 Å². The molecule has 7 heteroatoms. The van der Waals surface area contributed by atoms with Gasteiger partial charge in [-0.05, 0) is 55.5 Å². The molecule has 1 N–H and O–H groups in total. The SMILES string of the molecule is COc1ccc(NC(=O)c2ccc(S(=O)(=O)c3ccc(C)cc3)s2)cc1. The van der Waals surface area contributed by atoms with Gasteiger partial charge in [-0.1, -0.05) is 17.7 Å². The molecule has 1 heterocycles. The van der Waals surface area contributed by atoms with E-state index in [1.807, 2.05) is 6.92 Å². The van der Waals surface area contributed by atoms with Gasteiger partial charge >= 0.3 is 0 Å². The van der Waals surface area contributed by atoms with Gasteiger partial charge in [0.2, 0.25) is 9.84 Å². The Kier molecular flexibility index (Phi) is 5.11. The lowest BCUT2D eigenvalue weighted by Gasteiger charge is -2.05. The lowest BCUT2D eigenvalue weighted by Crippen LogP contribution is -2.09. The van der Waals surface area contributed by atoms with Gasteiger partial charge in [-0.3, -0.25) is 4.79 Å². The molecule has 0 unspecified atom stereocenters. The second-order valence-corrected chi connectivity index (χ2v) is 8.88. The van der Waals surface area contributed by atoms with Crippen molar-refractivity contribution in [1.82, 2.24) is 0 Å². The van der Waals surface area contributed by atoms with E-state index in [9.17, 15) is 13.2 Å². The van der Waals surface area contributed by atoms with E-state index in [2.05, 4.69) is 5.32 Å². The van der Waals surface area contributed by atoms with E-state index in [0.29, 0.717) is 16.3 Å². The molecule has 2 aromatic carbocycles. The first kappa shape index (κ1) is 18.2. The van der Waals surface area contributed by atoms with Gasteiger partial charge in [-0.15, -0.1) is 11.3 Å². The van der Waals surface area contributed by atoms with Crippen molar-refractivity contribution in [3.8, 4) is 5.75 Å². The van der Waals surface area contributed by atoms with Gasteiger partial charge in [0.05, 0.1) is 16.9 Å². The summed E-state index contributed by atoms with van der Waals surface area (Å²) in [6, 6.07) is 16.5. The number of benzene rings is 2. The van der Waals surface area contributed by atoms with E-state index in [0.717, 1.165) is 16.9 Å². The fraction of sp³-hybridized carbons (Fsp3) is 0.105. The molecule has 1 amide bonds. The summed E-state index contributed by atoms with van der Waals surface area (Å²) in [4.78, 5) is 12.9. The Labute approximate surface area is 156 Å². The number of anilines is 1. The van der Waals surface area contributed by atoms with Gasteiger partial charge in [0.25, 0.3) is 5.91 Å². The summed E-state index contributed by atoms with van der Waals surface area (Å²) in [5, 5.41) is 2.74.